The van der Waals surface area contributed by atoms with Crippen LogP contribution in [0.4, 0.5) is 10.1 Å². The summed E-state index contributed by atoms with van der Waals surface area (Å²) in [6, 6.07) is 16.5. The number of nitrogens with zero attached hydrogens (tertiary/aromatic N) is 2. The van der Waals surface area contributed by atoms with Crippen molar-refractivity contribution >= 4 is 5.69 Å². The van der Waals surface area contributed by atoms with E-state index >= 15 is 0 Å². The van der Waals surface area contributed by atoms with Crippen molar-refractivity contribution in [3.63, 3.8) is 0 Å². The molecule has 27 heavy (non-hydrogen) atoms. The van der Waals surface area contributed by atoms with Crippen LogP contribution in [0.1, 0.15) is 36.8 Å². The lowest BCUT2D eigenvalue weighted by Crippen LogP contribution is -2.52. The van der Waals surface area contributed by atoms with Crippen LogP contribution in [0.2, 0.25) is 0 Å². The Kier molecular flexibility index (Phi) is 4.41. The van der Waals surface area contributed by atoms with E-state index in [1.54, 1.807) is 12.1 Å². The number of hydrogen-bond donors (Lipinski definition) is 0. The largest absolute Gasteiger partial charge is 0.367 e. The van der Waals surface area contributed by atoms with E-state index in [0.717, 1.165) is 51.3 Å². The first-order valence-electron chi connectivity index (χ1n) is 10.2. The van der Waals surface area contributed by atoms with Crippen LogP contribution in [-0.2, 0) is 16.9 Å². The maximum Gasteiger partial charge on any atom is 0.146 e. The summed E-state index contributed by atoms with van der Waals surface area (Å²) >= 11 is 0. The van der Waals surface area contributed by atoms with E-state index in [0.29, 0.717) is 6.04 Å². The molecule has 0 radical (unpaired) electrons. The van der Waals surface area contributed by atoms with Crippen molar-refractivity contribution in [2.45, 2.75) is 43.9 Å². The Bertz CT molecular complexity index is 808. The highest BCUT2D eigenvalue weighted by Gasteiger charge is 2.43. The molecule has 0 aromatic heterocycles. The second-order valence-electron chi connectivity index (χ2n) is 8.15. The molecule has 0 unspecified atom stereocenters. The molecule has 1 saturated carbocycles. The number of rotatable bonds is 2. The Hall–Kier alpha value is -1.91. The summed E-state index contributed by atoms with van der Waals surface area (Å²) in [5, 5.41) is 0. The highest BCUT2D eigenvalue weighted by Crippen LogP contribution is 2.47. The number of piperazine rings is 1. The topological polar surface area (TPSA) is 15.7 Å². The van der Waals surface area contributed by atoms with Crippen molar-refractivity contribution in [1.29, 1.82) is 0 Å². The summed E-state index contributed by atoms with van der Waals surface area (Å²) in [5.74, 6) is -0.109. The maximum atomic E-state index is 14.0. The lowest BCUT2D eigenvalue weighted by atomic mass is 9.77. The van der Waals surface area contributed by atoms with E-state index < -0.39 is 0 Å². The zero-order chi connectivity index (χ0) is 18.3. The fraction of sp³-hybridized carbons (Fsp3) is 0.478. The van der Waals surface area contributed by atoms with E-state index in [4.69, 9.17) is 4.74 Å². The van der Waals surface area contributed by atoms with Gasteiger partial charge in [-0.15, -0.1) is 0 Å². The van der Waals surface area contributed by atoms with Gasteiger partial charge >= 0.3 is 0 Å². The van der Waals surface area contributed by atoms with Crippen molar-refractivity contribution in [1.82, 2.24) is 4.90 Å². The van der Waals surface area contributed by atoms with E-state index in [2.05, 4.69) is 34.1 Å². The molecule has 2 aliphatic heterocycles. The number of anilines is 1. The van der Waals surface area contributed by atoms with Crippen LogP contribution in [-0.4, -0.2) is 37.1 Å². The quantitative estimate of drug-likeness (QED) is 0.787. The number of ether oxygens (including phenoxy) is 1. The van der Waals surface area contributed by atoms with Gasteiger partial charge in [0.05, 0.1) is 17.9 Å². The fourth-order valence-electron chi connectivity index (χ4n) is 5.27. The van der Waals surface area contributed by atoms with E-state index in [-0.39, 0.29) is 11.4 Å². The Balaban J connectivity index is 1.20. The zero-order valence-corrected chi connectivity index (χ0v) is 15.7. The third kappa shape index (κ3) is 3.05. The average molecular weight is 366 g/mol. The molecule has 0 amide bonds. The summed E-state index contributed by atoms with van der Waals surface area (Å²) in [5.41, 5.74) is 3.50. The average Bonchev–Trinajstić information content (AvgIpc) is 3.08. The smallest absolute Gasteiger partial charge is 0.146 e. The van der Waals surface area contributed by atoms with Crippen molar-refractivity contribution in [2.75, 3.05) is 31.1 Å². The molecule has 2 aromatic rings. The molecular weight excluding hydrogens is 339 g/mol. The van der Waals surface area contributed by atoms with Crippen molar-refractivity contribution in [3.05, 3.63) is 65.5 Å². The highest BCUT2D eigenvalue weighted by atomic mass is 19.1. The first-order chi connectivity index (χ1) is 13.3. The molecule has 0 atom stereocenters. The van der Waals surface area contributed by atoms with Crippen LogP contribution in [0.3, 0.4) is 0 Å². The molecule has 2 aromatic carbocycles. The van der Waals surface area contributed by atoms with Gasteiger partial charge in [-0.05, 0) is 48.9 Å². The van der Waals surface area contributed by atoms with Gasteiger partial charge in [-0.2, -0.15) is 0 Å². The summed E-state index contributed by atoms with van der Waals surface area (Å²) in [6.07, 6.45) is 4.60. The van der Waals surface area contributed by atoms with Gasteiger partial charge in [0.15, 0.2) is 0 Å². The van der Waals surface area contributed by atoms with Crippen molar-refractivity contribution < 1.29 is 9.13 Å². The number of benzene rings is 2. The third-order valence-electron chi connectivity index (χ3n) is 6.80. The minimum atomic E-state index is -0.109. The maximum absolute atomic E-state index is 14.0. The summed E-state index contributed by atoms with van der Waals surface area (Å²) in [6.45, 7) is 4.61. The molecule has 2 fully saturated rings. The molecule has 1 saturated heterocycles. The van der Waals surface area contributed by atoms with Crippen molar-refractivity contribution in [2.24, 2.45) is 0 Å². The first kappa shape index (κ1) is 17.2. The second-order valence-corrected chi connectivity index (χ2v) is 8.15. The molecule has 0 N–H and O–H groups in total. The van der Waals surface area contributed by atoms with Gasteiger partial charge < -0.3 is 9.64 Å². The van der Waals surface area contributed by atoms with Crippen LogP contribution in [0.5, 0.6) is 0 Å². The lowest BCUT2D eigenvalue weighted by molar-refractivity contribution is -0.0777. The Labute approximate surface area is 160 Å². The monoisotopic (exact) mass is 366 g/mol. The summed E-state index contributed by atoms with van der Waals surface area (Å²) in [4.78, 5) is 4.80. The zero-order valence-electron chi connectivity index (χ0n) is 15.7. The first-order valence-corrected chi connectivity index (χ1v) is 10.2. The fourth-order valence-corrected chi connectivity index (χ4v) is 5.27. The SMILES string of the molecule is Fc1ccccc1N1CCN(C2CCC3(CC2)OCc2ccccc23)CC1. The predicted molar refractivity (Wildman–Crippen MR) is 105 cm³/mol. The molecule has 3 nitrogen and oxygen atoms in total. The van der Waals surface area contributed by atoms with Crippen LogP contribution in [0.15, 0.2) is 48.5 Å². The highest BCUT2D eigenvalue weighted by molar-refractivity contribution is 5.48. The number of fused-ring (bicyclic) bond motifs is 2. The van der Waals surface area contributed by atoms with E-state index in [1.807, 2.05) is 12.1 Å². The number of halogens is 1. The standard InChI is InChI=1S/C23H27FN2O/c24-21-7-3-4-8-22(21)26-15-13-25(14-16-26)19-9-11-23(12-10-19)20-6-2-1-5-18(20)17-27-23/h1-8,19H,9-17H2. The minimum absolute atomic E-state index is 0.0396. The van der Waals surface area contributed by atoms with E-state index in [9.17, 15) is 4.39 Å². The number of hydrogen-bond acceptors (Lipinski definition) is 3. The van der Waals surface area contributed by atoms with Crippen LogP contribution in [0.25, 0.3) is 0 Å². The predicted octanol–water partition coefficient (Wildman–Crippen LogP) is 4.32. The summed E-state index contributed by atoms with van der Waals surface area (Å²) < 4.78 is 20.4. The van der Waals surface area contributed by atoms with Gasteiger partial charge in [0.25, 0.3) is 0 Å². The molecular formula is C23H27FN2O. The van der Waals surface area contributed by atoms with Gasteiger partial charge in [-0.3, -0.25) is 4.90 Å². The number of para-hydroxylation sites is 1. The Morgan fingerprint density at radius 2 is 1.59 bits per heavy atom. The normalized spacial score (nSPS) is 28.5. The van der Waals surface area contributed by atoms with Gasteiger partial charge in [0, 0.05) is 32.2 Å². The molecule has 142 valence electrons. The van der Waals surface area contributed by atoms with Gasteiger partial charge in [-0.1, -0.05) is 36.4 Å². The molecule has 2 heterocycles. The van der Waals surface area contributed by atoms with Crippen LogP contribution in [0, 0.1) is 5.82 Å². The van der Waals surface area contributed by atoms with E-state index in [1.165, 1.54) is 24.0 Å². The van der Waals surface area contributed by atoms with Crippen molar-refractivity contribution in [3.8, 4) is 0 Å². The minimum Gasteiger partial charge on any atom is -0.367 e. The Morgan fingerprint density at radius 3 is 2.37 bits per heavy atom. The third-order valence-corrected chi connectivity index (χ3v) is 6.80. The molecule has 0 bridgehead atoms. The Morgan fingerprint density at radius 1 is 0.889 bits per heavy atom. The van der Waals surface area contributed by atoms with Crippen LogP contribution < -0.4 is 4.90 Å². The second kappa shape index (κ2) is 6.92. The molecule has 3 aliphatic rings. The van der Waals surface area contributed by atoms with Crippen LogP contribution >= 0.6 is 0 Å². The molecule has 1 aliphatic carbocycles. The molecule has 1 spiro atoms. The molecule has 5 rings (SSSR count). The summed E-state index contributed by atoms with van der Waals surface area (Å²) in [7, 11) is 0. The molecule has 4 heteroatoms. The van der Waals surface area contributed by atoms with Gasteiger partial charge in [-0.25, -0.2) is 4.39 Å². The van der Waals surface area contributed by atoms with Gasteiger partial charge in [0.1, 0.15) is 5.82 Å². The van der Waals surface area contributed by atoms with Gasteiger partial charge in [0.2, 0.25) is 0 Å². The lowest BCUT2D eigenvalue weighted by Gasteiger charge is -2.45.